The molecule has 0 atom stereocenters. The summed E-state index contributed by atoms with van der Waals surface area (Å²) in [5.74, 6) is -0.522. The molecule has 0 aliphatic carbocycles. The molecule has 3 aromatic rings. The fourth-order valence-corrected chi connectivity index (χ4v) is 2.96. The van der Waals surface area contributed by atoms with Gasteiger partial charge in [-0.15, -0.1) is 0 Å². The van der Waals surface area contributed by atoms with Gasteiger partial charge in [-0.3, -0.25) is 19.7 Å². The average Bonchev–Trinajstić information content (AvgIpc) is 2.63. The van der Waals surface area contributed by atoms with E-state index in [1.54, 1.807) is 36.4 Å². The Hall–Kier alpha value is -3.26. The van der Waals surface area contributed by atoms with Crippen molar-refractivity contribution in [3.63, 3.8) is 0 Å². The molecule has 1 N–H and O–H groups in total. The van der Waals surface area contributed by atoms with Crippen LogP contribution in [0.25, 0.3) is 0 Å². The molecule has 0 bridgehead atoms. The van der Waals surface area contributed by atoms with Crippen LogP contribution in [0.4, 0.5) is 11.4 Å². The largest absolute Gasteiger partial charge is 0.322 e. The lowest BCUT2D eigenvalue weighted by Gasteiger charge is -2.09. The Bertz CT molecular complexity index is 1080. The van der Waals surface area contributed by atoms with E-state index in [9.17, 15) is 19.7 Å². The van der Waals surface area contributed by atoms with Crippen LogP contribution in [0.1, 0.15) is 15.9 Å². The van der Waals surface area contributed by atoms with Crippen molar-refractivity contribution in [1.29, 1.82) is 0 Å². The van der Waals surface area contributed by atoms with Crippen LogP contribution in [0, 0.1) is 10.1 Å². The van der Waals surface area contributed by atoms with Crippen LogP contribution in [0.15, 0.2) is 76.1 Å². The number of hydrogen-bond donors (Lipinski definition) is 1. The maximum Gasteiger partial charge on any atom is 0.269 e. The number of hydrogen-bond acceptors (Lipinski definition) is 4. The summed E-state index contributed by atoms with van der Waals surface area (Å²) in [7, 11) is 0. The van der Waals surface area contributed by atoms with Gasteiger partial charge in [0.25, 0.3) is 17.2 Å². The van der Waals surface area contributed by atoms with E-state index >= 15 is 0 Å². The molecule has 27 heavy (non-hydrogen) atoms. The standard InChI is InChI=1S/C19H14BrN3O4/c20-14-5-2-6-15(11-14)21-18(24)17-8-3-9-22(19(17)25)12-13-4-1-7-16(10-13)23(26)27/h1-11H,12H2,(H,21,24). The monoisotopic (exact) mass is 427 g/mol. The lowest BCUT2D eigenvalue weighted by Crippen LogP contribution is -2.29. The molecule has 0 fully saturated rings. The number of aromatic nitrogens is 1. The van der Waals surface area contributed by atoms with Gasteiger partial charge < -0.3 is 9.88 Å². The van der Waals surface area contributed by atoms with Gasteiger partial charge in [-0.2, -0.15) is 0 Å². The van der Waals surface area contributed by atoms with Gasteiger partial charge in [0.15, 0.2) is 0 Å². The number of carbonyl (C=O) groups excluding carboxylic acids is 1. The number of nitrogens with one attached hydrogen (secondary N) is 1. The molecule has 3 rings (SSSR count). The van der Waals surface area contributed by atoms with Gasteiger partial charge in [0.1, 0.15) is 5.56 Å². The Morgan fingerprint density at radius 2 is 1.89 bits per heavy atom. The van der Waals surface area contributed by atoms with E-state index in [2.05, 4.69) is 21.2 Å². The number of carbonyl (C=O) groups is 1. The lowest BCUT2D eigenvalue weighted by molar-refractivity contribution is -0.384. The number of rotatable bonds is 5. The topological polar surface area (TPSA) is 94.2 Å². The molecule has 0 saturated carbocycles. The van der Waals surface area contributed by atoms with E-state index in [-0.39, 0.29) is 17.8 Å². The highest BCUT2D eigenvalue weighted by atomic mass is 79.9. The number of nitro benzene ring substituents is 1. The van der Waals surface area contributed by atoms with E-state index in [0.717, 1.165) is 4.47 Å². The Morgan fingerprint density at radius 1 is 1.11 bits per heavy atom. The van der Waals surface area contributed by atoms with Crippen molar-refractivity contribution in [2.45, 2.75) is 6.54 Å². The third-order valence-corrected chi connectivity index (χ3v) is 4.31. The first-order chi connectivity index (χ1) is 12.9. The molecule has 1 heterocycles. The summed E-state index contributed by atoms with van der Waals surface area (Å²) in [6, 6.07) is 16.1. The molecule has 2 aromatic carbocycles. The first-order valence-electron chi connectivity index (χ1n) is 7.94. The highest BCUT2D eigenvalue weighted by Crippen LogP contribution is 2.16. The van der Waals surface area contributed by atoms with Gasteiger partial charge in [0.2, 0.25) is 0 Å². The Kier molecular flexibility index (Phi) is 5.46. The summed E-state index contributed by atoms with van der Waals surface area (Å²) >= 11 is 3.32. The quantitative estimate of drug-likeness (QED) is 0.494. The van der Waals surface area contributed by atoms with E-state index < -0.39 is 16.4 Å². The Balaban J connectivity index is 1.85. The molecule has 1 aromatic heterocycles. The summed E-state index contributed by atoms with van der Waals surface area (Å²) < 4.78 is 2.14. The van der Waals surface area contributed by atoms with Crippen molar-refractivity contribution in [3.8, 4) is 0 Å². The van der Waals surface area contributed by atoms with E-state index in [1.165, 1.54) is 29.0 Å². The minimum atomic E-state index is -0.522. The summed E-state index contributed by atoms with van der Waals surface area (Å²) in [5, 5.41) is 13.6. The fourth-order valence-electron chi connectivity index (χ4n) is 2.56. The smallest absolute Gasteiger partial charge is 0.269 e. The first kappa shape index (κ1) is 18.5. The number of nitro groups is 1. The number of halogens is 1. The van der Waals surface area contributed by atoms with E-state index in [0.29, 0.717) is 11.3 Å². The summed E-state index contributed by atoms with van der Waals surface area (Å²) in [6.07, 6.45) is 1.54. The average molecular weight is 428 g/mol. The molecule has 0 aliphatic heterocycles. The van der Waals surface area contributed by atoms with Crippen molar-refractivity contribution in [3.05, 3.63) is 103 Å². The number of benzene rings is 2. The number of pyridine rings is 1. The zero-order chi connectivity index (χ0) is 19.4. The molecule has 8 heteroatoms. The SMILES string of the molecule is O=C(Nc1cccc(Br)c1)c1cccn(Cc2cccc([N+](=O)[O-])c2)c1=O. The molecule has 0 spiro atoms. The van der Waals surface area contributed by atoms with Crippen LogP contribution in [-0.4, -0.2) is 15.4 Å². The number of nitrogens with zero attached hydrogens (tertiary/aromatic N) is 2. The molecule has 0 saturated heterocycles. The molecule has 0 unspecified atom stereocenters. The zero-order valence-corrected chi connectivity index (χ0v) is 15.5. The third kappa shape index (κ3) is 4.48. The van der Waals surface area contributed by atoms with Crippen LogP contribution in [0.3, 0.4) is 0 Å². The third-order valence-electron chi connectivity index (χ3n) is 3.82. The van der Waals surface area contributed by atoms with Crippen molar-refractivity contribution >= 4 is 33.2 Å². The van der Waals surface area contributed by atoms with Crippen LogP contribution >= 0.6 is 15.9 Å². The molecular weight excluding hydrogens is 414 g/mol. The molecular formula is C19H14BrN3O4. The van der Waals surface area contributed by atoms with E-state index in [4.69, 9.17) is 0 Å². The van der Waals surface area contributed by atoms with Crippen molar-refractivity contribution in [2.24, 2.45) is 0 Å². The van der Waals surface area contributed by atoms with Crippen molar-refractivity contribution in [1.82, 2.24) is 4.57 Å². The van der Waals surface area contributed by atoms with Crippen LogP contribution in [0.5, 0.6) is 0 Å². The highest BCUT2D eigenvalue weighted by Gasteiger charge is 2.13. The van der Waals surface area contributed by atoms with Gasteiger partial charge in [-0.25, -0.2) is 0 Å². The van der Waals surface area contributed by atoms with Gasteiger partial charge >= 0.3 is 0 Å². The molecule has 0 aliphatic rings. The molecule has 0 radical (unpaired) electrons. The van der Waals surface area contributed by atoms with Crippen LogP contribution in [0.2, 0.25) is 0 Å². The van der Waals surface area contributed by atoms with E-state index in [1.807, 2.05) is 6.07 Å². The number of non-ortho nitro benzene ring substituents is 1. The Labute approximate surface area is 162 Å². The maximum atomic E-state index is 12.6. The van der Waals surface area contributed by atoms with Gasteiger partial charge in [0, 0.05) is 28.5 Å². The second kappa shape index (κ2) is 7.96. The fraction of sp³-hybridized carbons (Fsp3) is 0.0526. The lowest BCUT2D eigenvalue weighted by atomic mass is 10.2. The summed E-state index contributed by atoms with van der Waals surface area (Å²) in [4.78, 5) is 35.5. The predicted octanol–water partition coefficient (Wildman–Crippen LogP) is 3.82. The van der Waals surface area contributed by atoms with Gasteiger partial charge in [-0.1, -0.05) is 34.1 Å². The maximum absolute atomic E-state index is 12.6. The zero-order valence-electron chi connectivity index (χ0n) is 14.0. The molecule has 136 valence electrons. The Morgan fingerprint density at radius 3 is 2.63 bits per heavy atom. The van der Waals surface area contributed by atoms with Crippen LogP contribution in [-0.2, 0) is 6.54 Å². The molecule has 1 amide bonds. The number of amides is 1. The molecule has 7 nitrogen and oxygen atoms in total. The van der Waals surface area contributed by atoms with Crippen molar-refractivity contribution in [2.75, 3.05) is 5.32 Å². The minimum absolute atomic E-state index is 0.0112. The first-order valence-corrected chi connectivity index (χ1v) is 8.73. The second-order valence-electron chi connectivity index (χ2n) is 5.75. The van der Waals surface area contributed by atoms with Crippen LogP contribution < -0.4 is 10.9 Å². The summed E-state index contributed by atoms with van der Waals surface area (Å²) in [5.41, 5.74) is 0.613. The highest BCUT2D eigenvalue weighted by molar-refractivity contribution is 9.10. The second-order valence-corrected chi connectivity index (χ2v) is 6.66. The van der Waals surface area contributed by atoms with Crippen molar-refractivity contribution < 1.29 is 9.72 Å². The van der Waals surface area contributed by atoms with Gasteiger partial charge in [-0.05, 0) is 35.9 Å². The van der Waals surface area contributed by atoms with Gasteiger partial charge in [0.05, 0.1) is 11.5 Å². The summed E-state index contributed by atoms with van der Waals surface area (Å²) in [6.45, 7) is 0.124. The predicted molar refractivity (Wildman–Crippen MR) is 105 cm³/mol. The number of anilines is 1. The normalized spacial score (nSPS) is 10.4. The minimum Gasteiger partial charge on any atom is -0.322 e.